The molecule has 2 aromatic rings. The van der Waals surface area contributed by atoms with Gasteiger partial charge in [0.1, 0.15) is 5.69 Å². The lowest BCUT2D eigenvalue weighted by Gasteiger charge is -2.21. The van der Waals surface area contributed by atoms with Crippen molar-refractivity contribution in [3.05, 3.63) is 47.3 Å². The molecule has 1 N–H and O–H groups in total. The van der Waals surface area contributed by atoms with Crippen LogP contribution in [0.4, 0.5) is 14.5 Å². The lowest BCUT2D eigenvalue weighted by molar-refractivity contribution is 0.0977. The van der Waals surface area contributed by atoms with Crippen LogP contribution in [0.3, 0.4) is 0 Å². The molecule has 0 aliphatic heterocycles. The van der Waals surface area contributed by atoms with Crippen LogP contribution < -0.4 is 4.90 Å². The summed E-state index contributed by atoms with van der Waals surface area (Å²) in [6.45, 7) is 0. The molecule has 0 spiro atoms. The van der Waals surface area contributed by atoms with Crippen molar-refractivity contribution in [3.63, 3.8) is 0 Å². The molecule has 0 bridgehead atoms. The number of benzene rings is 1. The van der Waals surface area contributed by atoms with Crippen molar-refractivity contribution in [2.45, 2.75) is 31.6 Å². The molecular weight excluding hydrogens is 312 g/mol. The van der Waals surface area contributed by atoms with E-state index in [-0.39, 0.29) is 5.56 Å². The van der Waals surface area contributed by atoms with Gasteiger partial charge in [-0.2, -0.15) is 5.10 Å². The normalized spacial score (nSPS) is 22.7. The van der Waals surface area contributed by atoms with Gasteiger partial charge in [-0.3, -0.25) is 9.89 Å². The molecule has 6 heteroatoms. The first kappa shape index (κ1) is 15.3. The van der Waals surface area contributed by atoms with Crippen LogP contribution >= 0.6 is 0 Å². The highest BCUT2D eigenvalue weighted by molar-refractivity contribution is 6.06. The first-order chi connectivity index (χ1) is 11.6. The number of para-hydroxylation sites is 1. The summed E-state index contributed by atoms with van der Waals surface area (Å²) in [5, 5.41) is 5.83. The Balaban J connectivity index is 1.61. The zero-order valence-electron chi connectivity index (χ0n) is 13.4. The van der Waals surface area contributed by atoms with Gasteiger partial charge < -0.3 is 4.90 Å². The van der Waals surface area contributed by atoms with Crippen molar-refractivity contribution in [2.24, 2.45) is 11.8 Å². The minimum atomic E-state index is -2.75. The van der Waals surface area contributed by atoms with E-state index in [1.165, 1.54) is 23.9 Å². The number of halogens is 2. The molecule has 2 saturated carbocycles. The van der Waals surface area contributed by atoms with Crippen molar-refractivity contribution in [1.29, 1.82) is 0 Å². The molecule has 24 heavy (non-hydrogen) atoms. The summed E-state index contributed by atoms with van der Waals surface area (Å²) >= 11 is 0. The fourth-order valence-electron chi connectivity index (χ4n) is 3.65. The van der Waals surface area contributed by atoms with E-state index in [9.17, 15) is 13.6 Å². The van der Waals surface area contributed by atoms with Crippen molar-refractivity contribution >= 4 is 11.6 Å². The van der Waals surface area contributed by atoms with E-state index in [4.69, 9.17) is 0 Å². The Morgan fingerprint density at radius 1 is 1.33 bits per heavy atom. The molecule has 2 aliphatic rings. The van der Waals surface area contributed by atoms with E-state index in [0.29, 0.717) is 5.92 Å². The predicted octanol–water partition coefficient (Wildman–Crippen LogP) is 4.14. The minimum Gasteiger partial charge on any atom is -0.311 e. The van der Waals surface area contributed by atoms with Crippen molar-refractivity contribution < 1.29 is 13.6 Å². The average molecular weight is 331 g/mol. The third-order valence-corrected chi connectivity index (χ3v) is 5.19. The quantitative estimate of drug-likeness (QED) is 0.895. The second-order valence-corrected chi connectivity index (χ2v) is 6.76. The first-order valence-corrected chi connectivity index (χ1v) is 8.26. The molecule has 1 aromatic heterocycles. The van der Waals surface area contributed by atoms with E-state index in [2.05, 4.69) is 16.3 Å². The molecule has 4 nitrogen and oxygen atoms in total. The molecule has 1 heterocycles. The third kappa shape index (κ3) is 2.60. The monoisotopic (exact) mass is 331 g/mol. The highest BCUT2D eigenvalue weighted by atomic mass is 19.3. The summed E-state index contributed by atoms with van der Waals surface area (Å²) in [7, 11) is 1.64. The zero-order valence-corrected chi connectivity index (χ0v) is 13.4. The second kappa shape index (κ2) is 5.69. The summed E-state index contributed by atoms with van der Waals surface area (Å²) in [5.41, 5.74) is 1.45. The molecular formula is C18H19F2N3O. The number of rotatable bonds is 5. The van der Waals surface area contributed by atoms with Gasteiger partial charge in [0.2, 0.25) is 0 Å². The summed E-state index contributed by atoms with van der Waals surface area (Å²) in [5.74, 6) is 1.58. The van der Waals surface area contributed by atoms with Crippen molar-refractivity contribution in [3.8, 4) is 0 Å². The average Bonchev–Trinajstić information content (AvgIpc) is 3.49. The van der Waals surface area contributed by atoms with Gasteiger partial charge in [-0.1, -0.05) is 18.2 Å². The highest BCUT2D eigenvalue weighted by Crippen LogP contribution is 2.60. The van der Waals surface area contributed by atoms with E-state index in [1.807, 2.05) is 18.2 Å². The van der Waals surface area contributed by atoms with Gasteiger partial charge in [0, 0.05) is 12.7 Å². The van der Waals surface area contributed by atoms with Gasteiger partial charge in [-0.05, 0) is 48.6 Å². The SMILES string of the molecule is CN(C(=O)c1cn[nH]c1C(F)F)c1ccccc1[C@@H]1CC1C1CC1. The molecule has 2 aliphatic carbocycles. The maximum atomic E-state index is 13.0. The molecule has 2 fully saturated rings. The summed E-state index contributed by atoms with van der Waals surface area (Å²) in [6.07, 6.45) is 2.21. The fraction of sp³-hybridized carbons (Fsp3) is 0.444. The van der Waals surface area contributed by atoms with Crippen LogP contribution in [0, 0.1) is 11.8 Å². The number of anilines is 1. The predicted molar refractivity (Wildman–Crippen MR) is 86.3 cm³/mol. The van der Waals surface area contributed by atoms with Crippen LogP contribution in [0.5, 0.6) is 0 Å². The van der Waals surface area contributed by atoms with Crippen molar-refractivity contribution in [2.75, 3.05) is 11.9 Å². The van der Waals surface area contributed by atoms with Gasteiger partial charge in [-0.25, -0.2) is 8.78 Å². The van der Waals surface area contributed by atoms with Gasteiger partial charge in [0.15, 0.2) is 0 Å². The van der Waals surface area contributed by atoms with Crippen LogP contribution in [0.25, 0.3) is 0 Å². The number of amides is 1. The molecule has 1 unspecified atom stereocenters. The minimum absolute atomic E-state index is 0.0724. The number of hydrogen-bond donors (Lipinski definition) is 1. The second-order valence-electron chi connectivity index (χ2n) is 6.76. The number of carbonyl (C=O) groups excluding carboxylic acids is 1. The number of H-pyrrole nitrogens is 1. The summed E-state index contributed by atoms with van der Waals surface area (Å²) in [6, 6.07) is 7.79. The van der Waals surface area contributed by atoms with Crippen molar-refractivity contribution in [1.82, 2.24) is 10.2 Å². The molecule has 2 atom stereocenters. The van der Waals surface area contributed by atoms with Gasteiger partial charge in [0.05, 0.1) is 11.8 Å². The summed E-state index contributed by atoms with van der Waals surface area (Å²) in [4.78, 5) is 14.2. The number of carbonyl (C=O) groups is 1. The fourth-order valence-corrected chi connectivity index (χ4v) is 3.65. The molecule has 4 rings (SSSR count). The van der Waals surface area contributed by atoms with E-state index >= 15 is 0 Å². The van der Waals surface area contributed by atoms with Gasteiger partial charge in [0.25, 0.3) is 12.3 Å². The van der Waals surface area contributed by atoms with Crippen LogP contribution in [0.2, 0.25) is 0 Å². The first-order valence-electron chi connectivity index (χ1n) is 8.26. The van der Waals surface area contributed by atoms with E-state index < -0.39 is 18.0 Å². The van der Waals surface area contributed by atoms with Gasteiger partial charge in [-0.15, -0.1) is 0 Å². The van der Waals surface area contributed by atoms with Crippen LogP contribution in [-0.2, 0) is 0 Å². The molecule has 1 aromatic carbocycles. The Kier molecular flexibility index (Phi) is 3.62. The van der Waals surface area contributed by atoms with Crippen LogP contribution in [0.1, 0.15) is 53.2 Å². The molecule has 0 radical (unpaired) electrons. The summed E-state index contributed by atoms with van der Waals surface area (Å²) < 4.78 is 26.0. The lowest BCUT2D eigenvalue weighted by Crippen LogP contribution is -2.27. The number of alkyl halides is 2. The zero-order chi connectivity index (χ0) is 16.8. The Bertz CT molecular complexity index is 769. The lowest BCUT2D eigenvalue weighted by atomic mass is 10.0. The Labute approximate surface area is 138 Å². The number of aromatic amines is 1. The highest BCUT2D eigenvalue weighted by Gasteiger charge is 2.48. The Hall–Kier alpha value is -2.24. The Morgan fingerprint density at radius 3 is 2.79 bits per heavy atom. The van der Waals surface area contributed by atoms with E-state index in [1.54, 1.807) is 7.05 Å². The largest absolute Gasteiger partial charge is 0.311 e. The van der Waals surface area contributed by atoms with E-state index in [0.717, 1.165) is 29.5 Å². The van der Waals surface area contributed by atoms with Gasteiger partial charge >= 0.3 is 0 Å². The molecule has 1 amide bonds. The maximum absolute atomic E-state index is 13.0. The smallest absolute Gasteiger partial charge is 0.280 e. The Morgan fingerprint density at radius 2 is 2.08 bits per heavy atom. The number of nitrogens with zero attached hydrogens (tertiary/aromatic N) is 2. The molecule has 0 saturated heterocycles. The third-order valence-electron chi connectivity index (χ3n) is 5.19. The molecule has 126 valence electrons. The number of aromatic nitrogens is 2. The number of nitrogens with one attached hydrogen (secondary N) is 1. The van der Waals surface area contributed by atoms with Crippen LogP contribution in [0.15, 0.2) is 30.5 Å². The standard InChI is InChI=1S/C18H19F2N3O/c1-23(18(24)14-9-21-22-16(14)17(19)20)15-5-3-2-4-11(15)13-8-12(13)10-6-7-10/h2-5,9-10,12-13,17H,6-8H2,1H3,(H,21,22)/t12?,13-/m0/s1. The maximum Gasteiger partial charge on any atom is 0.280 e. The number of hydrogen-bond acceptors (Lipinski definition) is 2. The van der Waals surface area contributed by atoms with Crippen LogP contribution in [-0.4, -0.2) is 23.2 Å². The topological polar surface area (TPSA) is 49.0 Å².